The summed E-state index contributed by atoms with van der Waals surface area (Å²) in [4.78, 5) is 4.62. The fourth-order valence-electron chi connectivity index (χ4n) is 2.84. The van der Waals surface area contributed by atoms with Crippen LogP contribution < -0.4 is 10.5 Å². The van der Waals surface area contributed by atoms with E-state index in [2.05, 4.69) is 18.8 Å². The molecule has 1 aromatic heterocycles. The third kappa shape index (κ3) is 4.19. The number of unbranched alkanes of at least 4 members (excludes halogenated alkanes) is 3. The van der Waals surface area contributed by atoms with Crippen molar-refractivity contribution in [1.82, 2.24) is 4.98 Å². The molecule has 1 aliphatic rings. The Morgan fingerprint density at radius 2 is 2.19 bits per heavy atom. The zero-order chi connectivity index (χ0) is 15.2. The van der Waals surface area contributed by atoms with E-state index in [1.165, 1.54) is 31.2 Å². The van der Waals surface area contributed by atoms with Crippen LogP contribution in [-0.2, 0) is 12.8 Å². The maximum Gasteiger partial charge on any atom is 0.225 e. The Bertz CT molecular complexity index is 499. The molecule has 3 N–H and O–H groups in total. The SMILES string of the molecule is CCCCCCC(C)Oc1nc2c(cc1C(=N)N)CCC2. The Morgan fingerprint density at radius 3 is 2.90 bits per heavy atom. The van der Waals surface area contributed by atoms with Gasteiger partial charge in [0.2, 0.25) is 5.88 Å². The summed E-state index contributed by atoms with van der Waals surface area (Å²) in [5.41, 5.74) is 8.68. The van der Waals surface area contributed by atoms with Gasteiger partial charge in [-0.05, 0) is 50.7 Å². The van der Waals surface area contributed by atoms with Crippen molar-refractivity contribution in [3.63, 3.8) is 0 Å². The monoisotopic (exact) mass is 289 g/mol. The predicted octanol–water partition coefficient (Wildman–Crippen LogP) is 3.59. The number of aryl methyl sites for hydroxylation is 2. The molecule has 0 spiro atoms. The van der Waals surface area contributed by atoms with Gasteiger partial charge < -0.3 is 10.5 Å². The Balaban J connectivity index is 2.03. The minimum Gasteiger partial charge on any atom is -0.474 e. The molecule has 0 radical (unpaired) electrons. The molecule has 0 saturated carbocycles. The van der Waals surface area contributed by atoms with Crippen LogP contribution in [-0.4, -0.2) is 16.9 Å². The van der Waals surface area contributed by atoms with Crippen LogP contribution >= 0.6 is 0 Å². The lowest BCUT2D eigenvalue weighted by atomic mass is 10.1. The summed E-state index contributed by atoms with van der Waals surface area (Å²) in [5.74, 6) is 0.594. The quantitative estimate of drug-likeness (QED) is 0.436. The van der Waals surface area contributed by atoms with Gasteiger partial charge in [-0.15, -0.1) is 0 Å². The number of pyridine rings is 1. The van der Waals surface area contributed by atoms with Gasteiger partial charge in [0, 0.05) is 5.69 Å². The Labute approximate surface area is 127 Å². The number of nitrogen functional groups attached to an aromatic ring is 1. The molecule has 1 aliphatic carbocycles. The molecule has 1 unspecified atom stereocenters. The van der Waals surface area contributed by atoms with Gasteiger partial charge >= 0.3 is 0 Å². The summed E-state index contributed by atoms with van der Waals surface area (Å²) < 4.78 is 5.98. The molecule has 0 saturated heterocycles. The Morgan fingerprint density at radius 1 is 1.38 bits per heavy atom. The number of hydrogen-bond donors (Lipinski definition) is 2. The van der Waals surface area contributed by atoms with E-state index in [4.69, 9.17) is 15.9 Å². The van der Waals surface area contributed by atoms with Crippen LogP contribution in [0, 0.1) is 5.41 Å². The van der Waals surface area contributed by atoms with Crippen molar-refractivity contribution >= 4 is 5.84 Å². The van der Waals surface area contributed by atoms with Crippen molar-refractivity contribution in [1.29, 1.82) is 5.41 Å². The van der Waals surface area contributed by atoms with Crippen LogP contribution in [0.2, 0.25) is 0 Å². The van der Waals surface area contributed by atoms with Crippen molar-refractivity contribution < 1.29 is 4.74 Å². The normalized spacial score (nSPS) is 14.8. The number of amidine groups is 1. The first-order chi connectivity index (χ1) is 10.1. The summed E-state index contributed by atoms with van der Waals surface area (Å²) >= 11 is 0. The lowest BCUT2D eigenvalue weighted by Crippen LogP contribution is -2.19. The van der Waals surface area contributed by atoms with E-state index in [1.807, 2.05) is 6.07 Å². The second-order valence-corrected chi connectivity index (χ2v) is 5.99. The maximum absolute atomic E-state index is 7.73. The molecule has 1 heterocycles. The number of nitrogens with one attached hydrogen (secondary N) is 1. The molecule has 1 atom stereocenters. The average Bonchev–Trinajstić information content (AvgIpc) is 2.89. The molecule has 0 bridgehead atoms. The number of nitrogens with two attached hydrogens (primary N) is 1. The second kappa shape index (κ2) is 7.43. The zero-order valence-electron chi connectivity index (χ0n) is 13.2. The van der Waals surface area contributed by atoms with E-state index < -0.39 is 0 Å². The first-order valence-corrected chi connectivity index (χ1v) is 8.15. The number of aromatic nitrogens is 1. The largest absolute Gasteiger partial charge is 0.474 e. The van der Waals surface area contributed by atoms with Crippen molar-refractivity contribution in [2.24, 2.45) is 5.73 Å². The summed E-state index contributed by atoms with van der Waals surface area (Å²) in [7, 11) is 0. The van der Waals surface area contributed by atoms with Crippen LogP contribution in [0.5, 0.6) is 5.88 Å². The van der Waals surface area contributed by atoms with Gasteiger partial charge in [0.05, 0.1) is 11.7 Å². The Hall–Kier alpha value is -1.58. The van der Waals surface area contributed by atoms with E-state index in [1.54, 1.807) is 0 Å². The molecule has 4 heteroatoms. The molecule has 2 rings (SSSR count). The molecule has 0 fully saturated rings. The third-order valence-corrected chi connectivity index (χ3v) is 4.08. The van der Waals surface area contributed by atoms with Crippen LogP contribution in [0.4, 0.5) is 0 Å². The van der Waals surface area contributed by atoms with E-state index in [0.29, 0.717) is 11.4 Å². The minimum absolute atomic E-state index is 0.0467. The fraction of sp³-hybridized carbons (Fsp3) is 0.647. The van der Waals surface area contributed by atoms with E-state index in [9.17, 15) is 0 Å². The number of nitrogens with zero attached hydrogens (tertiary/aromatic N) is 1. The van der Waals surface area contributed by atoms with E-state index in [0.717, 1.165) is 31.4 Å². The topological polar surface area (TPSA) is 72.0 Å². The molecular formula is C17H27N3O. The van der Waals surface area contributed by atoms with Gasteiger partial charge in [-0.25, -0.2) is 4.98 Å². The van der Waals surface area contributed by atoms with Crippen molar-refractivity contribution in [3.8, 4) is 5.88 Å². The molecule has 4 nitrogen and oxygen atoms in total. The summed E-state index contributed by atoms with van der Waals surface area (Å²) in [6.45, 7) is 4.29. The van der Waals surface area contributed by atoms with Crippen LogP contribution in [0.15, 0.2) is 6.07 Å². The number of ether oxygens (including phenoxy) is 1. The van der Waals surface area contributed by atoms with Gasteiger partial charge in [-0.2, -0.15) is 0 Å². The minimum atomic E-state index is 0.0467. The maximum atomic E-state index is 7.73. The lowest BCUT2D eigenvalue weighted by molar-refractivity contribution is 0.197. The summed E-state index contributed by atoms with van der Waals surface area (Å²) in [6.07, 6.45) is 9.28. The van der Waals surface area contributed by atoms with Gasteiger partial charge in [0.1, 0.15) is 5.84 Å². The Kier molecular flexibility index (Phi) is 5.59. The van der Waals surface area contributed by atoms with Crippen molar-refractivity contribution in [3.05, 3.63) is 22.9 Å². The van der Waals surface area contributed by atoms with Gasteiger partial charge in [0.15, 0.2) is 0 Å². The number of rotatable bonds is 8. The highest BCUT2D eigenvalue weighted by molar-refractivity contribution is 5.97. The van der Waals surface area contributed by atoms with E-state index in [-0.39, 0.29) is 11.9 Å². The van der Waals surface area contributed by atoms with Gasteiger partial charge in [0.25, 0.3) is 0 Å². The molecule has 21 heavy (non-hydrogen) atoms. The standard InChI is InChI=1S/C17H27N3O/c1-3-4-5-6-8-12(2)21-17-14(16(18)19)11-13-9-7-10-15(13)20-17/h11-12H,3-10H2,1-2H3,(H3,18,19). The van der Waals surface area contributed by atoms with Crippen LogP contribution in [0.3, 0.4) is 0 Å². The smallest absolute Gasteiger partial charge is 0.225 e. The van der Waals surface area contributed by atoms with Crippen molar-refractivity contribution in [2.45, 2.75) is 71.3 Å². The van der Waals surface area contributed by atoms with Gasteiger partial charge in [-0.3, -0.25) is 5.41 Å². The lowest BCUT2D eigenvalue weighted by Gasteiger charge is -2.17. The van der Waals surface area contributed by atoms with Crippen LogP contribution in [0.25, 0.3) is 0 Å². The first-order valence-electron chi connectivity index (χ1n) is 8.15. The highest BCUT2D eigenvalue weighted by atomic mass is 16.5. The molecule has 0 amide bonds. The number of hydrogen-bond acceptors (Lipinski definition) is 3. The third-order valence-electron chi connectivity index (χ3n) is 4.08. The summed E-state index contributed by atoms with van der Waals surface area (Å²) in [6, 6.07) is 2.00. The average molecular weight is 289 g/mol. The first kappa shape index (κ1) is 15.8. The molecule has 0 aromatic carbocycles. The molecule has 116 valence electrons. The van der Waals surface area contributed by atoms with E-state index >= 15 is 0 Å². The molecular weight excluding hydrogens is 262 g/mol. The second-order valence-electron chi connectivity index (χ2n) is 5.99. The zero-order valence-corrected chi connectivity index (χ0v) is 13.2. The fourth-order valence-corrected chi connectivity index (χ4v) is 2.84. The highest BCUT2D eigenvalue weighted by Crippen LogP contribution is 2.27. The highest BCUT2D eigenvalue weighted by Gasteiger charge is 2.19. The van der Waals surface area contributed by atoms with Gasteiger partial charge in [-0.1, -0.05) is 26.2 Å². The molecule has 0 aliphatic heterocycles. The molecule has 1 aromatic rings. The van der Waals surface area contributed by atoms with Crippen molar-refractivity contribution in [2.75, 3.05) is 0 Å². The van der Waals surface area contributed by atoms with Crippen LogP contribution in [0.1, 0.15) is 69.2 Å². The summed E-state index contributed by atoms with van der Waals surface area (Å²) in [5, 5.41) is 7.73. The predicted molar refractivity (Wildman–Crippen MR) is 86.1 cm³/mol. The number of fused-ring (bicyclic) bond motifs is 1.